The summed E-state index contributed by atoms with van der Waals surface area (Å²) in [6, 6.07) is 0.797. The Morgan fingerprint density at radius 1 is 1.39 bits per heavy atom. The number of nitrogens with zero attached hydrogens (tertiary/aromatic N) is 1. The first kappa shape index (κ1) is 14.8. The molecule has 10 heteroatoms. The molecule has 0 atom stereocenters. The SMILES string of the molecule is COc1nc(OC(F)(F)F)cc(C)c1S(=O)(=O)Cl. The van der Waals surface area contributed by atoms with Gasteiger partial charge in [-0.25, -0.2) is 8.42 Å². The highest BCUT2D eigenvalue weighted by Crippen LogP contribution is 2.32. The number of methoxy groups -OCH3 is 1. The molecule has 0 amide bonds. The van der Waals surface area contributed by atoms with Gasteiger partial charge in [0.15, 0.2) is 0 Å². The second-order valence-electron chi connectivity index (χ2n) is 3.10. The Bertz CT molecular complexity index is 558. The van der Waals surface area contributed by atoms with Crippen LogP contribution < -0.4 is 9.47 Å². The van der Waals surface area contributed by atoms with E-state index in [0.717, 1.165) is 13.2 Å². The van der Waals surface area contributed by atoms with Crippen LogP contribution in [0.4, 0.5) is 13.2 Å². The van der Waals surface area contributed by atoms with E-state index in [1.165, 1.54) is 6.92 Å². The Morgan fingerprint density at radius 3 is 2.33 bits per heavy atom. The summed E-state index contributed by atoms with van der Waals surface area (Å²) >= 11 is 0. The second-order valence-corrected chi connectivity index (χ2v) is 5.60. The van der Waals surface area contributed by atoms with E-state index in [1.807, 2.05) is 0 Å². The minimum absolute atomic E-state index is 0.0731. The van der Waals surface area contributed by atoms with Gasteiger partial charge in [-0.05, 0) is 12.5 Å². The third-order valence-corrected chi connectivity index (χ3v) is 3.21. The molecule has 0 fully saturated rings. The van der Waals surface area contributed by atoms with Crippen LogP contribution in [0.15, 0.2) is 11.0 Å². The maximum atomic E-state index is 12.0. The molecule has 0 unspecified atom stereocenters. The molecule has 1 aromatic rings. The molecule has 0 radical (unpaired) electrons. The van der Waals surface area contributed by atoms with Gasteiger partial charge in [0, 0.05) is 16.7 Å². The first-order valence-corrected chi connectivity index (χ1v) is 6.61. The van der Waals surface area contributed by atoms with Crippen LogP contribution >= 0.6 is 10.7 Å². The largest absolute Gasteiger partial charge is 0.574 e. The van der Waals surface area contributed by atoms with Crippen LogP contribution in [0.1, 0.15) is 5.56 Å². The van der Waals surface area contributed by atoms with Crippen LogP contribution in [0.3, 0.4) is 0 Å². The molecule has 1 rings (SSSR count). The lowest BCUT2D eigenvalue weighted by Crippen LogP contribution is -2.18. The molecule has 102 valence electrons. The molecular formula is C8H7ClF3NO4S. The quantitative estimate of drug-likeness (QED) is 0.801. The van der Waals surface area contributed by atoms with Crippen molar-refractivity contribution in [2.24, 2.45) is 0 Å². The normalized spacial score (nSPS) is 12.3. The number of hydrogen-bond donors (Lipinski definition) is 0. The standard InChI is InChI=1S/C8H7ClF3NO4S/c1-4-3-5(17-8(10,11)12)13-7(16-2)6(4)18(9,14)15/h3H,1-2H3. The summed E-state index contributed by atoms with van der Waals surface area (Å²) in [5, 5.41) is 0. The highest BCUT2D eigenvalue weighted by atomic mass is 35.7. The van der Waals surface area contributed by atoms with Crippen molar-refractivity contribution < 1.29 is 31.1 Å². The van der Waals surface area contributed by atoms with E-state index < -0.39 is 32.1 Å². The Balaban J connectivity index is 3.37. The van der Waals surface area contributed by atoms with E-state index in [9.17, 15) is 21.6 Å². The fourth-order valence-electron chi connectivity index (χ4n) is 1.21. The minimum Gasteiger partial charge on any atom is -0.480 e. The van der Waals surface area contributed by atoms with E-state index in [2.05, 4.69) is 14.5 Å². The van der Waals surface area contributed by atoms with Crippen molar-refractivity contribution in [1.29, 1.82) is 0 Å². The highest BCUT2D eigenvalue weighted by Gasteiger charge is 2.33. The second kappa shape index (κ2) is 4.81. The molecule has 5 nitrogen and oxygen atoms in total. The highest BCUT2D eigenvalue weighted by molar-refractivity contribution is 8.13. The Hall–Kier alpha value is -1.22. The maximum absolute atomic E-state index is 12.0. The summed E-state index contributed by atoms with van der Waals surface area (Å²) in [5.41, 5.74) is -0.0731. The van der Waals surface area contributed by atoms with Gasteiger partial charge in [0.1, 0.15) is 4.90 Å². The lowest BCUT2D eigenvalue weighted by Gasteiger charge is -2.12. The van der Waals surface area contributed by atoms with Crippen molar-refractivity contribution in [2.45, 2.75) is 18.2 Å². The maximum Gasteiger partial charge on any atom is 0.574 e. The number of rotatable bonds is 3. The van der Waals surface area contributed by atoms with Crippen LogP contribution in [-0.4, -0.2) is 26.9 Å². The Morgan fingerprint density at radius 2 is 1.94 bits per heavy atom. The van der Waals surface area contributed by atoms with Gasteiger partial charge in [0.05, 0.1) is 7.11 Å². The smallest absolute Gasteiger partial charge is 0.480 e. The predicted molar refractivity (Wildman–Crippen MR) is 55.2 cm³/mol. The van der Waals surface area contributed by atoms with Gasteiger partial charge < -0.3 is 9.47 Å². The van der Waals surface area contributed by atoms with Crippen molar-refractivity contribution >= 4 is 19.7 Å². The van der Waals surface area contributed by atoms with E-state index in [0.29, 0.717) is 0 Å². The number of pyridine rings is 1. The van der Waals surface area contributed by atoms with E-state index in [-0.39, 0.29) is 5.56 Å². The average Bonchev–Trinajstić information content (AvgIpc) is 2.11. The number of hydrogen-bond acceptors (Lipinski definition) is 5. The van der Waals surface area contributed by atoms with Gasteiger partial charge in [-0.2, -0.15) is 4.98 Å². The predicted octanol–water partition coefficient (Wildman–Crippen LogP) is 2.22. The summed E-state index contributed by atoms with van der Waals surface area (Å²) in [4.78, 5) is 2.78. The number of ether oxygens (including phenoxy) is 2. The van der Waals surface area contributed by atoms with Crippen LogP contribution in [-0.2, 0) is 9.05 Å². The molecular weight excluding hydrogens is 299 g/mol. The van der Waals surface area contributed by atoms with Gasteiger partial charge in [-0.15, -0.1) is 13.2 Å². The first-order chi connectivity index (χ1) is 8.04. The zero-order valence-electron chi connectivity index (χ0n) is 9.08. The molecule has 1 aromatic heterocycles. The molecule has 0 aliphatic rings. The molecule has 0 saturated heterocycles. The zero-order chi connectivity index (χ0) is 14.1. The van der Waals surface area contributed by atoms with Crippen molar-refractivity contribution in [3.8, 4) is 11.8 Å². The van der Waals surface area contributed by atoms with Crippen molar-refractivity contribution in [1.82, 2.24) is 4.98 Å². The first-order valence-electron chi connectivity index (χ1n) is 4.30. The molecule has 0 aliphatic carbocycles. The Kier molecular flexibility index (Phi) is 3.96. The lowest BCUT2D eigenvalue weighted by molar-refractivity contribution is -0.276. The minimum atomic E-state index is -4.94. The molecule has 0 saturated carbocycles. The topological polar surface area (TPSA) is 65.5 Å². The van der Waals surface area contributed by atoms with Gasteiger partial charge in [0.25, 0.3) is 9.05 Å². The number of alkyl halides is 3. The summed E-state index contributed by atoms with van der Waals surface area (Å²) in [6.45, 7) is 1.24. The zero-order valence-corrected chi connectivity index (χ0v) is 10.7. The Labute approximate surface area is 105 Å². The number of aromatic nitrogens is 1. The van der Waals surface area contributed by atoms with Crippen LogP contribution in [0.2, 0.25) is 0 Å². The molecule has 0 bridgehead atoms. The van der Waals surface area contributed by atoms with Crippen LogP contribution in [0.5, 0.6) is 11.8 Å². The fraction of sp³-hybridized carbons (Fsp3) is 0.375. The van der Waals surface area contributed by atoms with Gasteiger partial charge in [-0.1, -0.05) is 0 Å². The van der Waals surface area contributed by atoms with Crippen LogP contribution in [0, 0.1) is 6.92 Å². The number of halogens is 4. The van der Waals surface area contributed by atoms with Gasteiger partial charge in [0.2, 0.25) is 11.8 Å². The van der Waals surface area contributed by atoms with E-state index in [1.54, 1.807) is 0 Å². The van der Waals surface area contributed by atoms with Crippen molar-refractivity contribution in [2.75, 3.05) is 7.11 Å². The summed E-state index contributed by atoms with van der Waals surface area (Å²) < 4.78 is 66.6. The van der Waals surface area contributed by atoms with Crippen molar-refractivity contribution in [3.63, 3.8) is 0 Å². The monoisotopic (exact) mass is 305 g/mol. The molecule has 0 N–H and O–H groups in total. The van der Waals surface area contributed by atoms with E-state index in [4.69, 9.17) is 10.7 Å². The van der Waals surface area contributed by atoms with Gasteiger partial charge >= 0.3 is 6.36 Å². The molecule has 0 spiro atoms. The van der Waals surface area contributed by atoms with Gasteiger partial charge in [-0.3, -0.25) is 0 Å². The summed E-state index contributed by atoms with van der Waals surface area (Å²) in [7, 11) is 1.98. The van der Waals surface area contributed by atoms with Crippen molar-refractivity contribution in [3.05, 3.63) is 11.6 Å². The van der Waals surface area contributed by atoms with E-state index >= 15 is 0 Å². The third kappa shape index (κ3) is 3.64. The lowest BCUT2D eigenvalue weighted by atomic mass is 10.3. The third-order valence-electron chi connectivity index (χ3n) is 1.76. The molecule has 0 aromatic carbocycles. The fourth-order valence-corrected chi connectivity index (χ4v) is 2.55. The van der Waals surface area contributed by atoms with Crippen LogP contribution in [0.25, 0.3) is 0 Å². The molecule has 1 heterocycles. The summed E-state index contributed by atoms with van der Waals surface area (Å²) in [6.07, 6.45) is -4.94. The molecule has 18 heavy (non-hydrogen) atoms. The summed E-state index contributed by atoms with van der Waals surface area (Å²) in [5.74, 6) is -1.40. The molecule has 0 aliphatic heterocycles. The number of aryl methyl sites for hydroxylation is 1. The average molecular weight is 306 g/mol.